The van der Waals surface area contributed by atoms with Gasteiger partial charge in [-0.1, -0.05) is 51.0 Å². The van der Waals surface area contributed by atoms with E-state index in [0.29, 0.717) is 13.0 Å². The van der Waals surface area contributed by atoms with Gasteiger partial charge in [0.15, 0.2) is 0 Å². The van der Waals surface area contributed by atoms with E-state index in [1.807, 2.05) is 26.0 Å². The van der Waals surface area contributed by atoms with Gasteiger partial charge in [0.25, 0.3) is 0 Å². The molecule has 1 heterocycles. The fraction of sp³-hybridized carbons (Fsp3) is 0.600. The lowest BCUT2D eigenvalue weighted by Crippen LogP contribution is -2.56. The fourth-order valence-electron chi connectivity index (χ4n) is 3.79. The quantitative estimate of drug-likeness (QED) is 0.765. The van der Waals surface area contributed by atoms with Crippen LogP contribution in [-0.2, 0) is 22.6 Å². The first-order valence-corrected chi connectivity index (χ1v) is 9.45. The van der Waals surface area contributed by atoms with Crippen molar-refractivity contribution >= 4 is 11.8 Å². The number of hydrogen-bond donors (Lipinski definition) is 3. The molecule has 1 aliphatic heterocycles. The van der Waals surface area contributed by atoms with E-state index in [-0.39, 0.29) is 29.8 Å². The average Bonchev–Trinajstić information content (AvgIpc) is 3.11. The lowest BCUT2D eigenvalue weighted by molar-refractivity contribution is -0.131. The summed E-state index contributed by atoms with van der Waals surface area (Å²) in [5, 5.41) is 9.38. The Labute approximate surface area is 150 Å². The largest absolute Gasteiger partial charge is 0.352 e. The second-order valence-electron chi connectivity index (χ2n) is 7.63. The first kappa shape index (κ1) is 17.9. The molecule has 0 bridgehead atoms. The maximum atomic E-state index is 12.7. The zero-order valence-corrected chi connectivity index (χ0v) is 15.2. The van der Waals surface area contributed by atoms with E-state index in [1.54, 1.807) is 0 Å². The van der Waals surface area contributed by atoms with Crippen LogP contribution in [0.3, 0.4) is 0 Å². The number of amides is 2. The Morgan fingerprint density at radius 3 is 2.48 bits per heavy atom. The van der Waals surface area contributed by atoms with Crippen LogP contribution in [0.4, 0.5) is 0 Å². The van der Waals surface area contributed by atoms with Gasteiger partial charge in [-0.25, -0.2) is 0 Å². The van der Waals surface area contributed by atoms with E-state index in [1.165, 1.54) is 24.0 Å². The molecule has 1 aromatic carbocycles. The van der Waals surface area contributed by atoms with Gasteiger partial charge >= 0.3 is 0 Å². The Morgan fingerprint density at radius 1 is 1.12 bits per heavy atom. The maximum absolute atomic E-state index is 12.7. The van der Waals surface area contributed by atoms with Crippen LogP contribution in [0, 0.1) is 5.92 Å². The van der Waals surface area contributed by atoms with Crippen LogP contribution in [0.15, 0.2) is 24.3 Å². The molecule has 0 radical (unpaired) electrons. The van der Waals surface area contributed by atoms with E-state index in [2.05, 4.69) is 28.1 Å². The molecule has 1 aromatic rings. The molecule has 136 valence electrons. The minimum atomic E-state index is -0.480. The molecule has 1 saturated carbocycles. The van der Waals surface area contributed by atoms with Crippen LogP contribution in [-0.4, -0.2) is 29.9 Å². The number of nitrogens with one attached hydrogen (secondary N) is 3. The van der Waals surface area contributed by atoms with Crippen LogP contribution in [0.5, 0.6) is 0 Å². The highest BCUT2D eigenvalue weighted by molar-refractivity contribution is 5.90. The number of fused-ring (bicyclic) bond motifs is 1. The molecule has 0 aromatic heterocycles. The zero-order valence-electron chi connectivity index (χ0n) is 15.2. The summed E-state index contributed by atoms with van der Waals surface area (Å²) in [7, 11) is 0. The van der Waals surface area contributed by atoms with Crippen molar-refractivity contribution in [3.05, 3.63) is 35.4 Å². The number of rotatable bonds is 5. The minimum absolute atomic E-state index is 0.0496. The standard InChI is InChI=1S/C20H29N3O2/c1-13(2)18(20(25)22-16-9-5-6-10-16)23-19(24)17-11-14-7-3-4-8-15(14)12-21-17/h3-4,7-8,13,16-18,21H,5-6,9-12H2,1-2H3,(H,22,25)(H,23,24)/t17-,18-/m0/s1. The summed E-state index contributed by atoms with van der Waals surface area (Å²) in [6.45, 7) is 4.64. The van der Waals surface area contributed by atoms with E-state index >= 15 is 0 Å². The molecule has 0 unspecified atom stereocenters. The summed E-state index contributed by atoms with van der Waals surface area (Å²) in [5.41, 5.74) is 2.45. The van der Waals surface area contributed by atoms with Gasteiger partial charge in [-0.2, -0.15) is 0 Å². The van der Waals surface area contributed by atoms with Crippen LogP contribution < -0.4 is 16.0 Å². The van der Waals surface area contributed by atoms with Gasteiger partial charge in [0.05, 0.1) is 6.04 Å². The smallest absolute Gasteiger partial charge is 0.243 e. The lowest BCUT2D eigenvalue weighted by atomic mass is 9.94. The van der Waals surface area contributed by atoms with Crippen LogP contribution >= 0.6 is 0 Å². The van der Waals surface area contributed by atoms with Gasteiger partial charge in [0.2, 0.25) is 11.8 Å². The molecule has 2 amide bonds. The van der Waals surface area contributed by atoms with Crippen LogP contribution in [0.25, 0.3) is 0 Å². The molecular weight excluding hydrogens is 314 g/mol. The normalized spacial score (nSPS) is 21.6. The molecule has 5 heteroatoms. The first-order valence-electron chi connectivity index (χ1n) is 9.45. The average molecular weight is 343 g/mol. The van der Waals surface area contributed by atoms with Gasteiger partial charge in [0.1, 0.15) is 6.04 Å². The summed E-state index contributed by atoms with van der Waals surface area (Å²) in [6.07, 6.45) is 5.11. The topological polar surface area (TPSA) is 70.2 Å². The third kappa shape index (κ3) is 4.40. The van der Waals surface area contributed by atoms with Gasteiger partial charge in [-0.05, 0) is 36.3 Å². The van der Waals surface area contributed by atoms with Crippen molar-refractivity contribution < 1.29 is 9.59 Å². The Hall–Kier alpha value is -1.88. The van der Waals surface area contributed by atoms with Crippen molar-refractivity contribution in [2.75, 3.05) is 0 Å². The molecule has 1 aliphatic carbocycles. The zero-order chi connectivity index (χ0) is 17.8. The number of hydrogen-bond acceptors (Lipinski definition) is 3. The molecule has 0 spiro atoms. The van der Waals surface area contributed by atoms with Crippen molar-refractivity contribution in [1.82, 2.24) is 16.0 Å². The van der Waals surface area contributed by atoms with Crippen molar-refractivity contribution in [2.24, 2.45) is 5.92 Å². The minimum Gasteiger partial charge on any atom is -0.352 e. The Bertz CT molecular complexity index is 623. The Morgan fingerprint density at radius 2 is 1.80 bits per heavy atom. The second-order valence-corrected chi connectivity index (χ2v) is 7.63. The number of carbonyl (C=O) groups excluding carboxylic acids is 2. The van der Waals surface area contributed by atoms with E-state index in [9.17, 15) is 9.59 Å². The number of benzene rings is 1. The van der Waals surface area contributed by atoms with E-state index in [4.69, 9.17) is 0 Å². The predicted octanol–water partition coefficient (Wildman–Crippen LogP) is 1.90. The second kappa shape index (κ2) is 8.00. The monoisotopic (exact) mass is 343 g/mol. The van der Waals surface area contributed by atoms with Crippen LogP contribution in [0.2, 0.25) is 0 Å². The number of carbonyl (C=O) groups is 2. The van der Waals surface area contributed by atoms with Crippen molar-refractivity contribution in [3.63, 3.8) is 0 Å². The Balaban J connectivity index is 1.60. The van der Waals surface area contributed by atoms with E-state index in [0.717, 1.165) is 12.8 Å². The summed E-state index contributed by atoms with van der Waals surface area (Å²) < 4.78 is 0. The van der Waals surface area contributed by atoms with Crippen molar-refractivity contribution in [3.8, 4) is 0 Å². The SMILES string of the molecule is CC(C)[C@H](NC(=O)[C@@H]1Cc2ccccc2CN1)C(=O)NC1CCCC1. The molecule has 5 nitrogen and oxygen atoms in total. The molecule has 3 N–H and O–H groups in total. The third-order valence-electron chi connectivity index (χ3n) is 5.35. The lowest BCUT2D eigenvalue weighted by Gasteiger charge is -2.29. The van der Waals surface area contributed by atoms with Gasteiger partial charge in [-0.3, -0.25) is 9.59 Å². The summed E-state index contributed by atoms with van der Waals surface area (Å²) >= 11 is 0. The molecule has 3 rings (SSSR count). The third-order valence-corrected chi connectivity index (χ3v) is 5.35. The molecule has 0 saturated heterocycles. The van der Waals surface area contributed by atoms with Gasteiger partial charge < -0.3 is 16.0 Å². The predicted molar refractivity (Wildman–Crippen MR) is 97.9 cm³/mol. The van der Waals surface area contributed by atoms with Gasteiger partial charge in [0, 0.05) is 12.6 Å². The molecule has 1 fully saturated rings. The Kier molecular flexibility index (Phi) is 5.74. The summed E-state index contributed by atoms with van der Waals surface area (Å²) in [4.78, 5) is 25.3. The maximum Gasteiger partial charge on any atom is 0.243 e. The van der Waals surface area contributed by atoms with E-state index < -0.39 is 6.04 Å². The molecule has 2 aliphatic rings. The summed E-state index contributed by atoms with van der Waals surface area (Å²) in [5.74, 6) is -0.0811. The highest BCUT2D eigenvalue weighted by Crippen LogP contribution is 2.19. The highest BCUT2D eigenvalue weighted by Gasteiger charge is 2.31. The summed E-state index contributed by atoms with van der Waals surface area (Å²) in [6, 6.07) is 7.69. The molecular formula is C20H29N3O2. The molecule has 2 atom stereocenters. The van der Waals surface area contributed by atoms with Crippen molar-refractivity contribution in [1.29, 1.82) is 0 Å². The first-order chi connectivity index (χ1) is 12.0. The molecule has 25 heavy (non-hydrogen) atoms. The highest BCUT2D eigenvalue weighted by atomic mass is 16.2. The fourth-order valence-corrected chi connectivity index (χ4v) is 3.79. The van der Waals surface area contributed by atoms with Gasteiger partial charge in [-0.15, -0.1) is 0 Å². The van der Waals surface area contributed by atoms with Crippen molar-refractivity contribution in [2.45, 2.75) is 70.6 Å². The van der Waals surface area contributed by atoms with Crippen LogP contribution in [0.1, 0.15) is 50.7 Å².